The molecule has 1 aromatic carbocycles. The Morgan fingerprint density at radius 3 is 2.79 bits per heavy atom. The predicted octanol–water partition coefficient (Wildman–Crippen LogP) is 2.05. The number of nitrogens with one attached hydrogen (secondary N) is 1. The fourth-order valence-electron chi connectivity index (χ4n) is 1.71. The van der Waals surface area contributed by atoms with Gasteiger partial charge in [0.15, 0.2) is 0 Å². The SMILES string of the molecule is CNCCc1cnnn1-c1cccc(C(F)(F)F)c1. The topological polar surface area (TPSA) is 42.7 Å². The highest BCUT2D eigenvalue weighted by Gasteiger charge is 2.30. The maximum Gasteiger partial charge on any atom is 0.416 e. The predicted molar refractivity (Wildman–Crippen MR) is 64.0 cm³/mol. The van der Waals surface area contributed by atoms with Crippen molar-refractivity contribution in [3.8, 4) is 5.69 Å². The minimum Gasteiger partial charge on any atom is -0.319 e. The maximum absolute atomic E-state index is 12.7. The monoisotopic (exact) mass is 270 g/mol. The Balaban J connectivity index is 2.34. The highest BCUT2D eigenvalue weighted by atomic mass is 19.4. The summed E-state index contributed by atoms with van der Waals surface area (Å²) in [4.78, 5) is 0. The quantitative estimate of drug-likeness (QED) is 0.924. The molecule has 7 heteroatoms. The molecule has 0 amide bonds. The highest BCUT2D eigenvalue weighted by molar-refractivity contribution is 5.37. The minimum atomic E-state index is -4.36. The van der Waals surface area contributed by atoms with E-state index < -0.39 is 11.7 Å². The molecular formula is C12H13F3N4. The molecule has 0 aliphatic heterocycles. The molecule has 0 aliphatic carbocycles. The van der Waals surface area contributed by atoms with Crippen molar-refractivity contribution < 1.29 is 13.2 Å². The van der Waals surface area contributed by atoms with Gasteiger partial charge in [-0.1, -0.05) is 11.3 Å². The smallest absolute Gasteiger partial charge is 0.319 e. The molecule has 0 atom stereocenters. The normalized spacial score (nSPS) is 11.8. The second kappa shape index (κ2) is 5.40. The first kappa shape index (κ1) is 13.5. The standard InChI is InChI=1S/C12H13F3N4/c1-16-6-5-11-8-17-18-19(11)10-4-2-3-9(7-10)12(13,14)15/h2-4,7-8,16H,5-6H2,1H3. The van der Waals surface area contributed by atoms with Crippen LogP contribution in [0.2, 0.25) is 0 Å². The molecule has 0 unspecified atom stereocenters. The maximum atomic E-state index is 12.7. The summed E-state index contributed by atoms with van der Waals surface area (Å²) in [6.45, 7) is 0.701. The van der Waals surface area contributed by atoms with Gasteiger partial charge in [-0.25, -0.2) is 4.68 Å². The van der Waals surface area contributed by atoms with Crippen LogP contribution < -0.4 is 5.32 Å². The summed E-state index contributed by atoms with van der Waals surface area (Å²) in [5, 5.41) is 10.6. The molecule has 0 saturated heterocycles. The summed E-state index contributed by atoms with van der Waals surface area (Å²) in [6.07, 6.45) is -2.17. The Hall–Kier alpha value is -1.89. The average molecular weight is 270 g/mol. The molecule has 1 heterocycles. The molecule has 102 valence electrons. The number of hydrogen-bond acceptors (Lipinski definition) is 3. The molecule has 19 heavy (non-hydrogen) atoms. The Bertz CT molecular complexity index is 548. The van der Waals surface area contributed by atoms with Gasteiger partial charge in [0, 0.05) is 13.0 Å². The molecule has 0 spiro atoms. The number of aromatic nitrogens is 3. The van der Waals surface area contributed by atoms with Crippen molar-refractivity contribution in [3.05, 3.63) is 41.7 Å². The van der Waals surface area contributed by atoms with E-state index in [1.807, 2.05) is 0 Å². The fourth-order valence-corrected chi connectivity index (χ4v) is 1.71. The second-order valence-electron chi connectivity index (χ2n) is 4.04. The summed E-state index contributed by atoms with van der Waals surface area (Å²) in [5.41, 5.74) is 0.423. The van der Waals surface area contributed by atoms with Gasteiger partial charge in [0.25, 0.3) is 0 Å². The van der Waals surface area contributed by atoms with Crippen LogP contribution in [0.5, 0.6) is 0 Å². The highest BCUT2D eigenvalue weighted by Crippen LogP contribution is 2.30. The second-order valence-corrected chi connectivity index (χ2v) is 4.04. The molecular weight excluding hydrogens is 257 g/mol. The number of rotatable bonds is 4. The average Bonchev–Trinajstić information content (AvgIpc) is 2.83. The Morgan fingerprint density at radius 1 is 1.32 bits per heavy atom. The van der Waals surface area contributed by atoms with E-state index in [2.05, 4.69) is 15.6 Å². The van der Waals surface area contributed by atoms with Gasteiger partial charge >= 0.3 is 6.18 Å². The van der Waals surface area contributed by atoms with Crippen LogP contribution in [0.4, 0.5) is 13.2 Å². The summed E-state index contributed by atoms with van der Waals surface area (Å²) >= 11 is 0. The van der Waals surface area contributed by atoms with E-state index in [4.69, 9.17) is 0 Å². The first-order valence-corrected chi connectivity index (χ1v) is 5.74. The van der Waals surface area contributed by atoms with Crippen molar-refractivity contribution in [2.75, 3.05) is 13.6 Å². The lowest BCUT2D eigenvalue weighted by molar-refractivity contribution is -0.137. The molecule has 0 aliphatic rings. The largest absolute Gasteiger partial charge is 0.416 e. The molecule has 4 nitrogen and oxygen atoms in total. The van der Waals surface area contributed by atoms with Crippen LogP contribution in [-0.2, 0) is 12.6 Å². The molecule has 2 aromatic rings. The van der Waals surface area contributed by atoms with Crippen LogP contribution in [0.15, 0.2) is 30.5 Å². The van der Waals surface area contributed by atoms with Crippen LogP contribution in [-0.4, -0.2) is 28.6 Å². The van der Waals surface area contributed by atoms with Gasteiger partial charge < -0.3 is 5.32 Å². The van der Waals surface area contributed by atoms with E-state index in [1.54, 1.807) is 19.3 Å². The van der Waals surface area contributed by atoms with Crippen LogP contribution in [0.25, 0.3) is 5.69 Å². The van der Waals surface area contributed by atoms with Crippen LogP contribution in [0.1, 0.15) is 11.3 Å². The van der Waals surface area contributed by atoms with E-state index in [-0.39, 0.29) is 0 Å². The Labute approximate surface area is 108 Å². The van der Waals surface area contributed by atoms with E-state index in [9.17, 15) is 13.2 Å². The van der Waals surface area contributed by atoms with Crippen LogP contribution in [0, 0.1) is 0 Å². The summed E-state index contributed by atoms with van der Waals surface area (Å²) in [6, 6.07) is 5.04. The molecule has 1 N–H and O–H groups in total. The summed E-state index contributed by atoms with van der Waals surface area (Å²) < 4.78 is 39.4. The third-order valence-electron chi connectivity index (χ3n) is 2.67. The summed E-state index contributed by atoms with van der Waals surface area (Å²) in [7, 11) is 1.80. The minimum absolute atomic E-state index is 0.360. The third-order valence-corrected chi connectivity index (χ3v) is 2.67. The zero-order chi connectivity index (χ0) is 13.9. The zero-order valence-electron chi connectivity index (χ0n) is 10.3. The van der Waals surface area contributed by atoms with Crippen molar-refractivity contribution >= 4 is 0 Å². The van der Waals surface area contributed by atoms with E-state index in [0.717, 1.165) is 17.8 Å². The van der Waals surface area contributed by atoms with E-state index in [0.29, 0.717) is 18.7 Å². The lowest BCUT2D eigenvalue weighted by Gasteiger charge is -2.10. The Morgan fingerprint density at radius 2 is 2.11 bits per heavy atom. The fraction of sp³-hybridized carbons (Fsp3) is 0.333. The number of likely N-dealkylation sites (N-methyl/N-ethyl adjacent to an activating group) is 1. The van der Waals surface area contributed by atoms with Gasteiger partial charge in [0.1, 0.15) is 0 Å². The molecule has 0 fully saturated rings. The van der Waals surface area contributed by atoms with Gasteiger partial charge in [-0.3, -0.25) is 0 Å². The number of benzene rings is 1. The van der Waals surface area contributed by atoms with Gasteiger partial charge in [0.2, 0.25) is 0 Å². The number of halogens is 3. The zero-order valence-corrected chi connectivity index (χ0v) is 10.3. The lowest BCUT2D eigenvalue weighted by Crippen LogP contribution is -2.13. The van der Waals surface area contributed by atoms with Crippen molar-refractivity contribution in [2.24, 2.45) is 0 Å². The van der Waals surface area contributed by atoms with Crippen molar-refractivity contribution in [2.45, 2.75) is 12.6 Å². The molecule has 1 aromatic heterocycles. The van der Waals surface area contributed by atoms with Crippen LogP contribution in [0.3, 0.4) is 0 Å². The number of hydrogen-bond donors (Lipinski definition) is 1. The van der Waals surface area contributed by atoms with E-state index in [1.165, 1.54) is 10.7 Å². The third kappa shape index (κ3) is 3.11. The van der Waals surface area contributed by atoms with Crippen molar-refractivity contribution in [1.82, 2.24) is 20.3 Å². The first-order chi connectivity index (χ1) is 9.02. The molecule has 0 saturated carbocycles. The number of alkyl halides is 3. The van der Waals surface area contributed by atoms with Gasteiger partial charge in [-0.2, -0.15) is 13.2 Å². The van der Waals surface area contributed by atoms with Gasteiger partial charge in [0.05, 0.1) is 23.1 Å². The molecule has 0 bridgehead atoms. The van der Waals surface area contributed by atoms with E-state index >= 15 is 0 Å². The van der Waals surface area contributed by atoms with Gasteiger partial charge in [-0.05, 0) is 25.2 Å². The summed E-state index contributed by atoms with van der Waals surface area (Å²) in [5.74, 6) is 0. The lowest BCUT2D eigenvalue weighted by atomic mass is 10.2. The first-order valence-electron chi connectivity index (χ1n) is 5.74. The molecule has 0 radical (unpaired) electrons. The van der Waals surface area contributed by atoms with Crippen molar-refractivity contribution in [1.29, 1.82) is 0 Å². The van der Waals surface area contributed by atoms with Crippen LogP contribution >= 0.6 is 0 Å². The van der Waals surface area contributed by atoms with Crippen molar-refractivity contribution in [3.63, 3.8) is 0 Å². The Kier molecular flexibility index (Phi) is 3.84. The number of nitrogens with zero attached hydrogens (tertiary/aromatic N) is 3. The van der Waals surface area contributed by atoms with Gasteiger partial charge in [-0.15, -0.1) is 5.10 Å². The molecule has 2 rings (SSSR count).